The quantitative estimate of drug-likeness (QED) is 0.630. The normalized spacial score (nSPS) is 22.6. The first-order valence-electron chi connectivity index (χ1n) is 6.58. The fourth-order valence-corrected chi connectivity index (χ4v) is 2.99. The molecule has 0 saturated heterocycles. The number of unbranched alkanes of at least 4 members (excludes halogenated alkanes) is 1. The number of alkyl halides is 1. The maximum absolute atomic E-state index is 12.6. The second kappa shape index (κ2) is 5.45. The third-order valence-electron chi connectivity index (χ3n) is 3.72. The van der Waals surface area contributed by atoms with E-state index in [4.69, 9.17) is 0 Å². The lowest BCUT2D eigenvalue weighted by Gasteiger charge is -2.38. The van der Waals surface area contributed by atoms with Crippen molar-refractivity contribution in [1.82, 2.24) is 4.90 Å². The van der Waals surface area contributed by atoms with Gasteiger partial charge in [-0.15, -0.1) is 0 Å². The van der Waals surface area contributed by atoms with Crippen molar-refractivity contribution in [1.29, 1.82) is 0 Å². The molecule has 1 aliphatic heterocycles. The van der Waals surface area contributed by atoms with E-state index < -0.39 is 5.41 Å². The standard InChI is InChI=1S/C15H18BrNO2/c1-3-4-9-17-13(18)11-7-5-6-8-12(11)15(2,10-16)14(17)19/h5-8H,3-4,9-10H2,1-2H3. The highest BCUT2D eigenvalue weighted by Gasteiger charge is 2.46. The molecule has 0 bridgehead atoms. The largest absolute Gasteiger partial charge is 0.278 e. The minimum atomic E-state index is -0.655. The maximum atomic E-state index is 12.6. The third-order valence-corrected chi connectivity index (χ3v) is 4.84. The van der Waals surface area contributed by atoms with Crippen LogP contribution in [0.25, 0.3) is 0 Å². The van der Waals surface area contributed by atoms with Gasteiger partial charge >= 0.3 is 0 Å². The van der Waals surface area contributed by atoms with Crippen molar-refractivity contribution in [3.63, 3.8) is 0 Å². The van der Waals surface area contributed by atoms with Gasteiger partial charge in [0.25, 0.3) is 5.91 Å². The molecule has 2 rings (SSSR count). The van der Waals surface area contributed by atoms with Gasteiger partial charge in [-0.25, -0.2) is 0 Å². The van der Waals surface area contributed by atoms with Crippen LogP contribution in [0.3, 0.4) is 0 Å². The fraction of sp³-hybridized carbons (Fsp3) is 0.467. The van der Waals surface area contributed by atoms with Crippen LogP contribution in [-0.4, -0.2) is 28.6 Å². The van der Waals surface area contributed by atoms with Gasteiger partial charge in [-0.2, -0.15) is 0 Å². The highest BCUT2D eigenvalue weighted by molar-refractivity contribution is 9.09. The topological polar surface area (TPSA) is 37.4 Å². The number of benzene rings is 1. The van der Waals surface area contributed by atoms with Crippen molar-refractivity contribution in [3.05, 3.63) is 35.4 Å². The van der Waals surface area contributed by atoms with Gasteiger partial charge in [0.05, 0.1) is 5.41 Å². The zero-order chi connectivity index (χ0) is 14.0. The van der Waals surface area contributed by atoms with E-state index in [-0.39, 0.29) is 11.8 Å². The summed E-state index contributed by atoms with van der Waals surface area (Å²) in [6, 6.07) is 7.41. The number of amides is 2. The zero-order valence-electron chi connectivity index (χ0n) is 11.3. The first-order valence-corrected chi connectivity index (χ1v) is 7.70. The summed E-state index contributed by atoms with van der Waals surface area (Å²) in [5.74, 6) is -0.256. The van der Waals surface area contributed by atoms with E-state index in [1.165, 1.54) is 4.90 Å². The number of hydrogen-bond donors (Lipinski definition) is 0. The Kier molecular flexibility index (Phi) is 4.09. The van der Waals surface area contributed by atoms with Gasteiger partial charge in [-0.1, -0.05) is 47.5 Å². The summed E-state index contributed by atoms with van der Waals surface area (Å²) in [5.41, 5.74) is 0.827. The molecule has 0 N–H and O–H groups in total. The van der Waals surface area contributed by atoms with Crippen LogP contribution in [0.15, 0.2) is 24.3 Å². The minimum Gasteiger partial charge on any atom is -0.278 e. The lowest BCUT2D eigenvalue weighted by molar-refractivity contribution is -0.134. The molecule has 1 atom stereocenters. The summed E-state index contributed by atoms with van der Waals surface area (Å²) in [5, 5.41) is 0.520. The minimum absolute atomic E-state index is 0.0958. The summed E-state index contributed by atoms with van der Waals surface area (Å²) < 4.78 is 0. The highest BCUT2D eigenvalue weighted by atomic mass is 79.9. The Balaban J connectivity index is 2.51. The Bertz CT molecular complexity index is 515. The lowest BCUT2D eigenvalue weighted by Crippen LogP contribution is -2.54. The van der Waals surface area contributed by atoms with E-state index in [1.54, 1.807) is 0 Å². The second-order valence-corrected chi connectivity index (χ2v) is 5.69. The zero-order valence-corrected chi connectivity index (χ0v) is 12.9. The molecular formula is C15H18BrNO2. The molecule has 0 spiro atoms. The molecule has 2 amide bonds. The second-order valence-electron chi connectivity index (χ2n) is 5.13. The summed E-state index contributed by atoms with van der Waals surface area (Å²) >= 11 is 3.43. The number of carbonyl (C=O) groups excluding carboxylic acids is 2. The van der Waals surface area contributed by atoms with Crippen LogP contribution in [0, 0.1) is 0 Å². The first kappa shape index (κ1) is 14.3. The van der Waals surface area contributed by atoms with Crippen LogP contribution in [0.5, 0.6) is 0 Å². The van der Waals surface area contributed by atoms with Crippen molar-refractivity contribution >= 4 is 27.7 Å². The third kappa shape index (κ3) is 2.22. The number of carbonyl (C=O) groups is 2. The van der Waals surface area contributed by atoms with E-state index in [0.717, 1.165) is 18.4 Å². The van der Waals surface area contributed by atoms with E-state index in [0.29, 0.717) is 17.4 Å². The van der Waals surface area contributed by atoms with Crippen LogP contribution in [0.4, 0.5) is 0 Å². The molecule has 4 heteroatoms. The lowest BCUT2D eigenvalue weighted by atomic mass is 9.77. The molecule has 1 unspecified atom stereocenters. The molecule has 1 aliphatic rings. The number of rotatable bonds is 4. The smallest absolute Gasteiger partial charge is 0.260 e. The molecule has 19 heavy (non-hydrogen) atoms. The first-order chi connectivity index (χ1) is 9.06. The predicted molar refractivity (Wildman–Crippen MR) is 78.5 cm³/mol. The van der Waals surface area contributed by atoms with E-state index >= 15 is 0 Å². The molecule has 0 saturated carbocycles. The van der Waals surface area contributed by atoms with Crippen molar-refractivity contribution in [2.75, 3.05) is 11.9 Å². The van der Waals surface area contributed by atoms with Gasteiger partial charge in [0.1, 0.15) is 0 Å². The molecule has 1 aromatic rings. The van der Waals surface area contributed by atoms with E-state index in [2.05, 4.69) is 22.9 Å². The molecule has 1 heterocycles. The summed E-state index contributed by atoms with van der Waals surface area (Å²) in [6.07, 6.45) is 1.81. The predicted octanol–water partition coefficient (Wildman–Crippen LogP) is 3.12. The monoisotopic (exact) mass is 323 g/mol. The molecule has 102 valence electrons. The maximum Gasteiger partial charge on any atom is 0.260 e. The molecule has 3 nitrogen and oxygen atoms in total. The van der Waals surface area contributed by atoms with Gasteiger partial charge in [-0.05, 0) is 25.0 Å². The molecular weight excluding hydrogens is 306 g/mol. The molecule has 1 aromatic carbocycles. The van der Waals surface area contributed by atoms with Crippen molar-refractivity contribution in [2.24, 2.45) is 0 Å². The summed E-state index contributed by atoms with van der Waals surface area (Å²) in [6.45, 7) is 4.45. The van der Waals surface area contributed by atoms with Crippen LogP contribution >= 0.6 is 15.9 Å². The van der Waals surface area contributed by atoms with Gasteiger partial charge in [0, 0.05) is 17.4 Å². The van der Waals surface area contributed by atoms with Crippen LogP contribution in [0.1, 0.15) is 42.6 Å². The number of halogens is 1. The Morgan fingerprint density at radius 1 is 1.26 bits per heavy atom. The average Bonchev–Trinajstić information content (AvgIpc) is 2.45. The number of nitrogens with zero attached hydrogens (tertiary/aromatic N) is 1. The van der Waals surface area contributed by atoms with E-state index in [1.807, 2.05) is 31.2 Å². The van der Waals surface area contributed by atoms with Crippen molar-refractivity contribution in [2.45, 2.75) is 32.1 Å². The molecule has 0 aromatic heterocycles. The van der Waals surface area contributed by atoms with Crippen LogP contribution in [-0.2, 0) is 10.2 Å². The molecule has 0 fully saturated rings. The van der Waals surface area contributed by atoms with Crippen LogP contribution < -0.4 is 0 Å². The Morgan fingerprint density at radius 3 is 2.58 bits per heavy atom. The number of imide groups is 1. The van der Waals surface area contributed by atoms with Crippen LogP contribution in [0.2, 0.25) is 0 Å². The Labute approximate surface area is 122 Å². The number of hydrogen-bond acceptors (Lipinski definition) is 2. The molecule has 0 aliphatic carbocycles. The van der Waals surface area contributed by atoms with Gasteiger partial charge in [-0.3, -0.25) is 14.5 Å². The van der Waals surface area contributed by atoms with Gasteiger partial charge in [0.15, 0.2) is 0 Å². The van der Waals surface area contributed by atoms with Gasteiger partial charge < -0.3 is 0 Å². The highest BCUT2D eigenvalue weighted by Crippen LogP contribution is 2.36. The van der Waals surface area contributed by atoms with E-state index in [9.17, 15) is 9.59 Å². The fourth-order valence-electron chi connectivity index (χ4n) is 2.45. The summed E-state index contributed by atoms with van der Waals surface area (Å²) in [7, 11) is 0. The Morgan fingerprint density at radius 2 is 1.95 bits per heavy atom. The van der Waals surface area contributed by atoms with Gasteiger partial charge in [0.2, 0.25) is 5.91 Å². The number of fused-ring (bicyclic) bond motifs is 1. The summed E-state index contributed by atoms with van der Waals surface area (Å²) in [4.78, 5) is 26.5. The molecule has 0 radical (unpaired) electrons. The van der Waals surface area contributed by atoms with Crippen molar-refractivity contribution < 1.29 is 9.59 Å². The SMILES string of the molecule is CCCCN1C(=O)c2ccccc2C(C)(CBr)C1=O. The van der Waals surface area contributed by atoms with Crippen molar-refractivity contribution in [3.8, 4) is 0 Å². The average molecular weight is 324 g/mol. The Hall–Kier alpha value is -1.16.